The summed E-state index contributed by atoms with van der Waals surface area (Å²) in [5.74, 6) is 0.146. The number of morpholine rings is 1. The topological polar surface area (TPSA) is 91.7 Å². The molecule has 2 aromatic heterocycles. The van der Waals surface area contributed by atoms with Crippen molar-refractivity contribution in [2.75, 3.05) is 54.6 Å². The minimum atomic E-state index is -0.297. The highest BCUT2D eigenvalue weighted by Crippen LogP contribution is 2.35. The number of aryl methyl sites for hydroxylation is 1. The second kappa shape index (κ2) is 10.2. The normalized spacial score (nSPS) is 16.0. The maximum Gasteiger partial charge on any atom is 0.251 e. The van der Waals surface area contributed by atoms with Crippen LogP contribution >= 0.6 is 0 Å². The van der Waals surface area contributed by atoms with E-state index in [1.54, 1.807) is 23.3 Å². The Labute approximate surface area is 204 Å². The largest absolute Gasteiger partial charge is 0.378 e. The molecule has 0 aliphatic carbocycles. The number of hydrogen-bond donors (Lipinski definition) is 1. The molecule has 0 radical (unpaired) electrons. The van der Waals surface area contributed by atoms with E-state index in [0.29, 0.717) is 30.5 Å². The zero-order chi connectivity index (χ0) is 24.2. The van der Waals surface area contributed by atoms with Crippen molar-refractivity contribution in [1.29, 1.82) is 0 Å². The number of nitrogens with one attached hydrogen (secondary N) is 1. The molecule has 2 saturated heterocycles. The summed E-state index contributed by atoms with van der Waals surface area (Å²) in [6.07, 6.45) is 7.90. The number of ether oxygens (including phenoxy) is 1. The van der Waals surface area contributed by atoms with Crippen LogP contribution in [-0.2, 0) is 16.1 Å². The molecule has 10 nitrogen and oxygen atoms in total. The van der Waals surface area contributed by atoms with Gasteiger partial charge in [0.15, 0.2) is 0 Å². The summed E-state index contributed by atoms with van der Waals surface area (Å²) in [6, 6.07) is 7.71. The number of anilines is 4. The van der Waals surface area contributed by atoms with Crippen LogP contribution in [0.1, 0.15) is 17.7 Å². The highest BCUT2D eigenvalue weighted by atomic mass is 16.5. The Morgan fingerprint density at radius 3 is 2.66 bits per heavy atom. The smallest absolute Gasteiger partial charge is 0.251 e. The van der Waals surface area contributed by atoms with E-state index in [1.165, 1.54) is 12.5 Å². The Kier molecular flexibility index (Phi) is 6.73. The van der Waals surface area contributed by atoms with Crippen molar-refractivity contribution in [1.82, 2.24) is 24.8 Å². The maximum atomic E-state index is 12.3. The lowest BCUT2D eigenvalue weighted by Crippen LogP contribution is -2.36. The van der Waals surface area contributed by atoms with Gasteiger partial charge in [-0.2, -0.15) is 14.9 Å². The summed E-state index contributed by atoms with van der Waals surface area (Å²) in [5.41, 5.74) is 4.42. The lowest BCUT2D eigenvalue weighted by atomic mass is 10.1. The molecule has 2 fully saturated rings. The lowest BCUT2D eigenvalue weighted by Gasteiger charge is -2.31. The zero-order valence-electron chi connectivity index (χ0n) is 19.9. The minimum Gasteiger partial charge on any atom is -0.378 e. The summed E-state index contributed by atoms with van der Waals surface area (Å²) in [6.45, 7) is 11.6. The molecule has 0 unspecified atom stereocenters. The maximum absolute atomic E-state index is 12.3. The Hall–Kier alpha value is -3.76. The number of nitrogens with zero attached hydrogens (tertiary/aromatic N) is 7. The van der Waals surface area contributed by atoms with Gasteiger partial charge in [0.2, 0.25) is 5.91 Å². The number of amides is 1. The molecule has 0 spiro atoms. The molecule has 0 bridgehead atoms. The molecule has 10 heteroatoms. The molecule has 1 N–H and O–H groups in total. The van der Waals surface area contributed by atoms with Gasteiger partial charge in [-0.1, -0.05) is 6.58 Å². The van der Waals surface area contributed by atoms with Gasteiger partial charge >= 0.3 is 0 Å². The van der Waals surface area contributed by atoms with Gasteiger partial charge in [-0.15, -0.1) is 0 Å². The number of carbonyl (C=O) groups is 1. The van der Waals surface area contributed by atoms with Crippen molar-refractivity contribution in [2.24, 2.45) is 0 Å². The van der Waals surface area contributed by atoms with Gasteiger partial charge in [0, 0.05) is 43.3 Å². The van der Waals surface area contributed by atoms with E-state index in [9.17, 15) is 4.79 Å². The molecule has 2 aliphatic rings. The van der Waals surface area contributed by atoms with Gasteiger partial charge in [-0.25, -0.2) is 9.97 Å². The summed E-state index contributed by atoms with van der Waals surface area (Å²) in [4.78, 5) is 27.8. The SMILES string of the molecule is C=CC(=O)Nc1ccc(N2CCOCC2)cc1N(c1ncccn1)n1cc(CN2CCC2)c(C)n1. The average Bonchev–Trinajstić information content (AvgIpc) is 3.23. The van der Waals surface area contributed by atoms with Crippen molar-refractivity contribution < 1.29 is 9.53 Å². The third-order valence-corrected chi connectivity index (χ3v) is 6.31. The van der Waals surface area contributed by atoms with Crippen LogP contribution < -0.4 is 15.2 Å². The Morgan fingerprint density at radius 2 is 1.97 bits per heavy atom. The standard InChI is InChI=1S/C25H30N8O2/c1-3-24(34)28-22-7-6-21(31-12-14-35-15-13-31)16-23(22)33(25-26-8-4-9-27-25)32-18-20(19(2)29-32)17-30-10-5-11-30/h3-4,6-9,16,18H,1,5,10-15,17H2,2H3,(H,28,34). The first kappa shape index (κ1) is 23.0. The number of likely N-dealkylation sites (tertiary alicyclic amines) is 1. The van der Waals surface area contributed by atoms with E-state index < -0.39 is 0 Å². The van der Waals surface area contributed by atoms with Gasteiger partial charge in [0.05, 0.1) is 36.5 Å². The number of carbonyl (C=O) groups excluding carboxylic acids is 1. The Bertz CT molecular complexity index is 1190. The highest BCUT2D eigenvalue weighted by Gasteiger charge is 2.24. The monoisotopic (exact) mass is 474 g/mol. The summed E-state index contributed by atoms with van der Waals surface area (Å²) >= 11 is 0. The fraction of sp³-hybridized carbons (Fsp3) is 0.360. The molecule has 182 valence electrons. The summed E-state index contributed by atoms with van der Waals surface area (Å²) in [7, 11) is 0. The third-order valence-electron chi connectivity index (χ3n) is 6.31. The number of rotatable bonds is 8. The molecule has 1 aromatic carbocycles. The molecule has 1 amide bonds. The number of aromatic nitrogens is 4. The summed E-state index contributed by atoms with van der Waals surface area (Å²) in [5, 5.41) is 9.59. The predicted molar refractivity (Wildman–Crippen MR) is 135 cm³/mol. The van der Waals surface area contributed by atoms with Gasteiger partial charge in [-0.3, -0.25) is 9.69 Å². The van der Waals surface area contributed by atoms with Crippen molar-refractivity contribution in [2.45, 2.75) is 19.9 Å². The molecular weight excluding hydrogens is 444 g/mol. The van der Waals surface area contributed by atoms with Crippen LogP contribution in [0.5, 0.6) is 0 Å². The molecule has 4 heterocycles. The second-order valence-electron chi connectivity index (χ2n) is 8.64. The van der Waals surface area contributed by atoms with Gasteiger partial charge in [0.25, 0.3) is 5.95 Å². The molecular formula is C25H30N8O2. The summed E-state index contributed by atoms with van der Waals surface area (Å²) < 4.78 is 5.53. The van der Waals surface area contributed by atoms with Crippen molar-refractivity contribution >= 4 is 28.9 Å². The van der Waals surface area contributed by atoms with Crippen LogP contribution in [0.15, 0.2) is 55.5 Å². The first-order chi connectivity index (χ1) is 17.1. The van der Waals surface area contributed by atoms with E-state index in [0.717, 1.165) is 49.7 Å². The van der Waals surface area contributed by atoms with Crippen LogP contribution in [0.2, 0.25) is 0 Å². The molecule has 35 heavy (non-hydrogen) atoms. The fourth-order valence-electron chi connectivity index (χ4n) is 4.23. The molecule has 0 atom stereocenters. The first-order valence-electron chi connectivity index (χ1n) is 11.9. The van der Waals surface area contributed by atoms with Crippen LogP contribution in [0.3, 0.4) is 0 Å². The average molecular weight is 475 g/mol. The quantitative estimate of drug-likeness (QED) is 0.499. The van der Waals surface area contributed by atoms with Gasteiger partial charge in [-0.05, 0) is 56.8 Å². The van der Waals surface area contributed by atoms with Crippen LogP contribution in [0.4, 0.5) is 23.0 Å². The van der Waals surface area contributed by atoms with E-state index in [-0.39, 0.29) is 5.91 Å². The zero-order valence-corrected chi connectivity index (χ0v) is 19.9. The van der Waals surface area contributed by atoms with Crippen molar-refractivity contribution in [3.05, 3.63) is 66.8 Å². The van der Waals surface area contributed by atoms with Crippen LogP contribution in [0.25, 0.3) is 0 Å². The van der Waals surface area contributed by atoms with Crippen molar-refractivity contribution in [3.8, 4) is 0 Å². The van der Waals surface area contributed by atoms with Crippen molar-refractivity contribution in [3.63, 3.8) is 0 Å². The second-order valence-corrected chi connectivity index (χ2v) is 8.64. The number of benzene rings is 1. The van der Waals surface area contributed by atoms with E-state index in [1.807, 2.05) is 36.3 Å². The Balaban J connectivity index is 1.61. The molecule has 5 rings (SSSR count). The van der Waals surface area contributed by atoms with E-state index in [2.05, 4.69) is 31.7 Å². The molecule has 0 saturated carbocycles. The fourth-order valence-corrected chi connectivity index (χ4v) is 4.23. The third kappa shape index (κ3) is 5.03. The molecule has 2 aliphatic heterocycles. The predicted octanol–water partition coefficient (Wildman–Crippen LogP) is 2.75. The minimum absolute atomic E-state index is 0.297. The highest BCUT2D eigenvalue weighted by molar-refractivity contribution is 6.01. The van der Waals surface area contributed by atoms with Crippen LogP contribution in [-0.4, -0.2) is 70.1 Å². The number of hydrogen-bond acceptors (Lipinski definition) is 8. The Morgan fingerprint density at radius 1 is 1.20 bits per heavy atom. The van der Waals surface area contributed by atoms with Crippen LogP contribution in [0, 0.1) is 6.92 Å². The van der Waals surface area contributed by atoms with E-state index in [4.69, 9.17) is 9.84 Å². The first-order valence-corrected chi connectivity index (χ1v) is 11.9. The van der Waals surface area contributed by atoms with E-state index >= 15 is 0 Å². The molecule has 3 aromatic rings. The lowest BCUT2D eigenvalue weighted by molar-refractivity contribution is -0.111. The van der Waals surface area contributed by atoms with Gasteiger partial charge in [0.1, 0.15) is 0 Å². The van der Waals surface area contributed by atoms with Gasteiger partial charge < -0.3 is 15.0 Å².